The average molecular weight is 428 g/mol. The van der Waals surface area contributed by atoms with Crippen LogP contribution in [0.3, 0.4) is 0 Å². The normalized spacial score (nSPS) is 10.2. The summed E-state index contributed by atoms with van der Waals surface area (Å²) in [6.45, 7) is 0. The molecule has 0 amide bonds. The SMILES string of the molecule is Cn1c(Oc2cc([N+](=O)[O-])ccc2I)c(C#N)c(=O)n(C)c1=O. The van der Waals surface area contributed by atoms with Crippen LogP contribution >= 0.6 is 22.6 Å². The van der Waals surface area contributed by atoms with Crippen molar-refractivity contribution in [2.75, 3.05) is 0 Å². The van der Waals surface area contributed by atoms with Gasteiger partial charge in [-0.2, -0.15) is 5.26 Å². The predicted octanol–water partition coefficient (Wildman–Crippen LogP) is 1.26. The number of nitro benzene ring substituents is 1. The number of rotatable bonds is 3. The molecule has 10 heteroatoms. The number of nitro groups is 1. The molecule has 1 heterocycles. The van der Waals surface area contributed by atoms with Crippen molar-refractivity contribution in [3.8, 4) is 17.7 Å². The highest BCUT2D eigenvalue weighted by Crippen LogP contribution is 2.30. The van der Waals surface area contributed by atoms with Crippen molar-refractivity contribution in [1.29, 1.82) is 5.26 Å². The minimum atomic E-state index is -0.800. The molecule has 0 bridgehead atoms. The van der Waals surface area contributed by atoms with Crippen molar-refractivity contribution in [3.05, 3.63) is 58.3 Å². The van der Waals surface area contributed by atoms with Crippen LogP contribution in [0.5, 0.6) is 11.6 Å². The number of ether oxygens (including phenoxy) is 1. The Bertz CT molecular complexity index is 970. The van der Waals surface area contributed by atoms with E-state index in [1.807, 2.05) is 22.6 Å². The van der Waals surface area contributed by atoms with Crippen LogP contribution in [0.4, 0.5) is 5.69 Å². The summed E-state index contributed by atoms with van der Waals surface area (Å²) in [4.78, 5) is 34.2. The zero-order valence-electron chi connectivity index (χ0n) is 11.9. The van der Waals surface area contributed by atoms with Crippen LogP contribution in [0.25, 0.3) is 0 Å². The second-order valence-electron chi connectivity index (χ2n) is 4.47. The molecule has 9 nitrogen and oxygen atoms in total. The zero-order chi connectivity index (χ0) is 17.3. The summed E-state index contributed by atoms with van der Waals surface area (Å²) in [5.41, 5.74) is -2.06. The molecular weight excluding hydrogens is 419 g/mol. The third-order valence-corrected chi connectivity index (χ3v) is 3.95. The molecule has 118 valence electrons. The summed E-state index contributed by atoms with van der Waals surface area (Å²) in [5.74, 6) is -0.196. The molecule has 0 saturated heterocycles. The first-order chi connectivity index (χ1) is 10.8. The van der Waals surface area contributed by atoms with Crippen molar-refractivity contribution in [2.24, 2.45) is 14.1 Å². The van der Waals surface area contributed by atoms with Crippen molar-refractivity contribution in [1.82, 2.24) is 9.13 Å². The smallest absolute Gasteiger partial charge is 0.333 e. The van der Waals surface area contributed by atoms with E-state index in [4.69, 9.17) is 10.00 Å². The maximum absolute atomic E-state index is 12.0. The summed E-state index contributed by atoms with van der Waals surface area (Å²) in [5, 5.41) is 20.0. The fraction of sp³-hybridized carbons (Fsp3) is 0.154. The van der Waals surface area contributed by atoms with E-state index in [0.29, 0.717) is 3.57 Å². The summed E-state index contributed by atoms with van der Waals surface area (Å²) in [6, 6.07) is 5.61. The van der Waals surface area contributed by atoms with Crippen LogP contribution in [0.15, 0.2) is 27.8 Å². The molecular formula is C13H9IN4O5. The molecule has 0 aliphatic heterocycles. The molecule has 23 heavy (non-hydrogen) atoms. The summed E-state index contributed by atoms with van der Waals surface area (Å²) < 4.78 is 7.78. The van der Waals surface area contributed by atoms with Gasteiger partial charge in [0.2, 0.25) is 5.88 Å². The Morgan fingerprint density at radius 2 is 1.96 bits per heavy atom. The van der Waals surface area contributed by atoms with Crippen molar-refractivity contribution < 1.29 is 9.66 Å². The van der Waals surface area contributed by atoms with Gasteiger partial charge in [-0.3, -0.25) is 24.0 Å². The Labute approximate surface area is 142 Å². The largest absolute Gasteiger partial charge is 0.438 e. The first-order valence-electron chi connectivity index (χ1n) is 6.09. The van der Waals surface area contributed by atoms with Gasteiger partial charge in [0.25, 0.3) is 11.2 Å². The first-order valence-corrected chi connectivity index (χ1v) is 7.17. The van der Waals surface area contributed by atoms with Gasteiger partial charge in [0.15, 0.2) is 5.56 Å². The van der Waals surface area contributed by atoms with E-state index < -0.39 is 16.2 Å². The van der Waals surface area contributed by atoms with Crippen LogP contribution in [0.1, 0.15) is 5.56 Å². The Kier molecular flexibility index (Phi) is 4.50. The third kappa shape index (κ3) is 2.95. The number of benzene rings is 1. The van der Waals surface area contributed by atoms with Crippen molar-refractivity contribution in [2.45, 2.75) is 0 Å². The number of hydrogen-bond acceptors (Lipinski definition) is 6. The van der Waals surface area contributed by atoms with Gasteiger partial charge in [-0.1, -0.05) is 0 Å². The van der Waals surface area contributed by atoms with Gasteiger partial charge in [-0.25, -0.2) is 4.79 Å². The molecule has 0 N–H and O–H groups in total. The fourth-order valence-corrected chi connectivity index (χ4v) is 2.27. The lowest BCUT2D eigenvalue weighted by molar-refractivity contribution is -0.384. The van der Waals surface area contributed by atoms with E-state index in [1.165, 1.54) is 26.2 Å². The molecule has 0 radical (unpaired) electrons. The van der Waals surface area contributed by atoms with E-state index in [0.717, 1.165) is 15.2 Å². The Morgan fingerprint density at radius 3 is 2.52 bits per heavy atom. The quantitative estimate of drug-likeness (QED) is 0.413. The predicted molar refractivity (Wildman–Crippen MR) is 87.5 cm³/mol. The highest BCUT2D eigenvalue weighted by atomic mass is 127. The summed E-state index contributed by atoms with van der Waals surface area (Å²) >= 11 is 1.89. The molecule has 0 unspecified atom stereocenters. The van der Waals surface area contributed by atoms with E-state index >= 15 is 0 Å². The monoisotopic (exact) mass is 428 g/mol. The number of halogens is 1. The van der Waals surface area contributed by atoms with Crippen molar-refractivity contribution in [3.63, 3.8) is 0 Å². The topological polar surface area (TPSA) is 120 Å². The Morgan fingerprint density at radius 1 is 1.30 bits per heavy atom. The molecule has 1 aromatic carbocycles. The summed E-state index contributed by atoms with van der Waals surface area (Å²) in [6.07, 6.45) is 0. The molecule has 2 aromatic rings. The van der Waals surface area contributed by atoms with Crippen LogP contribution in [-0.2, 0) is 14.1 Å². The van der Waals surface area contributed by atoms with Gasteiger partial charge in [0, 0.05) is 20.2 Å². The second-order valence-corrected chi connectivity index (χ2v) is 5.63. The third-order valence-electron chi connectivity index (χ3n) is 3.05. The fourth-order valence-electron chi connectivity index (χ4n) is 1.83. The maximum Gasteiger partial charge on any atom is 0.333 e. The van der Waals surface area contributed by atoms with E-state index in [-0.39, 0.29) is 22.9 Å². The maximum atomic E-state index is 12.0. The standard InChI is InChI=1S/C13H9IN4O5/c1-16-11(19)8(6-15)12(17(2)13(16)20)23-10-5-7(18(21)22)3-4-9(10)14/h3-5H,1-2H3. The molecule has 0 spiro atoms. The van der Waals surface area contributed by atoms with Gasteiger partial charge in [-0.05, 0) is 28.7 Å². The van der Waals surface area contributed by atoms with Crippen LogP contribution in [-0.4, -0.2) is 14.1 Å². The lowest BCUT2D eigenvalue weighted by atomic mass is 10.3. The molecule has 0 fully saturated rings. The van der Waals surface area contributed by atoms with Gasteiger partial charge in [-0.15, -0.1) is 0 Å². The number of aromatic nitrogens is 2. The van der Waals surface area contributed by atoms with Gasteiger partial charge in [0.05, 0.1) is 14.6 Å². The number of nitriles is 1. The minimum absolute atomic E-state index is 0.0690. The first kappa shape index (κ1) is 16.7. The Hall–Kier alpha value is -2.68. The molecule has 0 atom stereocenters. The molecule has 1 aromatic heterocycles. The highest BCUT2D eigenvalue weighted by molar-refractivity contribution is 14.1. The number of nitrogens with zero attached hydrogens (tertiary/aromatic N) is 4. The van der Waals surface area contributed by atoms with Crippen LogP contribution < -0.4 is 16.0 Å². The molecule has 2 rings (SSSR count). The summed E-state index contributed by atoms with van der Waals surface area (Å²) in [7, 11) is 2.58. The van der Waals surface area contributed by atoms with Gasteiger partial charge in [0.1, 0.15) is 11.8 Å². The van der Waals surface area contributed by atoms with Crippen LogP contribution in [0.2, 0.25) is 0 Å². The van der Waals surface area contributed by atoms with Crippen molar-refractivity contribution >= 4 is 28.3 Å². The van der Waals surface area contributed by atoms with E-state index in [2.05, 4.69) is 0 Å². The highest BCUT2D eigenvalue weighted by Gasteiger charge is 2.19. The number of hydrogen-bond donors (Lipinski definition) is 0. The molecule has 0 aliphatic rings. The zero-order valence-corrected chi connectivity index (χ0v) is 14.1. The van der Waals surface area contributed by atoms with Gasteiger partial charge < -0.3 is 4.74 Å². The van der Waals surface area contributed by atoms with Crippen LogP contribution in [0, 0.1) is 25.0 Å². The second kappa shape index (κ2) is 6.21. The molecule has 0 aliphatic carbocycles. The van der Waals surface area contributed by atoms with Gasteiger partial charge >= 0.3 is 5.69 Å². The number of non-ortho nitro benzene ring substituents is 1. The lowest BCUT2D eigenvalue weighted by Gasteiger charge is -2.13. The van der Waals surface area contributed by atoms with E-state index in [1.54, 1.807) is 6.07 Å². The Balaban J connectivity index is 2.69. The average Bonchev–Trinajstić information content (AvgIpc) is 2.52. The molecule has 0 saturated carbocycles. The minimum Gasteiger partial charge on any atom is -0.438 e. The van der Waals surface area contributed by atoms with E-state index in [9.17, 15) is 19.7 Å². The lowest BCUT2D eigenvalue weighted by Crippen LogP contribution is -2.38.